The summed E-state index contributed by atoms with van der Waals surface area (Å²) in [6, 6.07) is 20.1. The first kappa shape index (κ1) is 23.1. The lowest BCUT2D eigenvalue weighted by Gasteiger charge is -2.39. The molecule has 3 aromatic rings. The number of ether oxygens (including phenoxy) is 3. The van der Waals surface area contributed by atoms with Crippen molar-refractivity contribution in [2.24, 2.45) is 4.99 Å². The van der Waals surface area contributed by atoms with Gasteiger partial charge in [0.2, 0.25) is 0 Å². The number of fused-ring (bicyclic) bond motifs is 1. The lowest BCUT2D eigenvalue weighted by molar-refractivity contribution is 0.254. The monoisotopic (exact) mass is 510 g/mol. The molecular formula is C26H27BrN2O4. The summed E-state index contributed by atoms with van der Waals surface area (Å²) in [5.74, 6) is 2.56. The second kappa shape index (κ2) is 10.3. The van der Waals surface area contributed by atoms with Crippen LogP contribution in [0, 0.1) is 0 Å². The number of aliphatic hydroxyl groups is 1. The Hall–Kier alpha value is -3.03. The molecule has 1 unspecified atom stereocenters. The lowest BCUT2D eigenvalue weighted by Crippen LogP contribution is -2.39. The van der Waals surface area contributed by atoms with E-state index in [0.717, 1.165) is 32.7 Å². The molecular weight excluding hydrogens is 484 g/mol. The molecule has 1 aliphatic heterocycles. The minimum atomic E-state index is -0.0875. The molecule has 1 atom stereocenters. The summed E-state index contributed by atoms with van der Waals surface area (Å²) >= 11 is 3.62. The molecule has 172 valence electrons. The second-order valence-electron chi connectivity index (χ2n) is 7.63. The number of amidine groups is 1. The summed E-state index contributed by atoms with van der Waals surface area (Å²) in [5.41, 5.74) is 3.92. The van der Waals surface area contributed by atoms with E-state index in [2.05, 4.69) is 39.0 Å². The molecule has 7 heteroatoms. The van der Waals surface area contributed by atoms with Crippen molar-refractivity contribution in [1.82, 2.24) is 4.90 Å². The van der Waals surface area contributed by atoms with Gasteiger partial charge in [-0.1, -0.05) is 46.3 Å². The van der Waals surface area contributed by atoms with Crippen molar-refractivity contribution in [3.8, 4) is 17.2 Å². The number of aliphatic hydroxyl groups excluding tert-OH is 1. The number of hydrogen-bond acceptors (Lipinski definition) is 6. The summed E-state index contributed by atoms with van der Waals surface area (Å²) in [6.07, 6.45) is 0.599. The van der Waals surface area contributed by atoms with Crippen LogP contribution in [-0.2, 0) is 0 Å². The number of benzene rings is 3. The first-order valence-electron chi connectivity index (χ1n) is 10.7. The fourth-order valence-electron chi connectivity index (χ4n) is 4.20. The van der Waals surface area contributed by atoms with Crippen LogP contribution in [0.5, 0.6) is 17.2 Å². The molecule has 0 saturated carbocycles. The van der Waals surface area contributed by atoms with Crippen molar-refractivity contribution in [2.75, 3.05) is 34.5 Å². The van der Waals surface area contributed by atoms with E-state index in [1.54, 1.807) is 21.3 Å². The third-order valence-corrected chi connectivity index (χ3v) is 6.21. The van der Waals surface area contributed by atoms with Gasteiger partial charge in [0.15, 0.2) is 11.5 Å². The number of halogens is 1. The fraction of sp³-hybridized carbons (Fsp3) is 0.269. The number of aliphatic imine (C=N–C) groups is 1. The SMILES string of the molecule is COc1cc(OC)c(C2=Nc3ccc(Br)cc3C(c3ccccc3)N2CCCO)cc1OC. The van der Waals surface area contributed by atoms with Crippen LogP contribution < -0.4 is 14.2 Å². The Labute approximate surface area is 202 Å². The van der Waals surface area contributed by atoms with Crippen LogP contribution in [0.2, 0.25) is 0 Å². The number of methoxy groups -OCH3 is 3. The topological polar surface area (TPSA) is 63.5 Å². The fourth-order valence-corrected chi connectivity index (χ4v) is 4.58. The molecule has 1 aliphatic rings. The molecule has 0 spiro atoms. The Morgan fingerprint density at radius 3 is 2.27 bits per heavy atom. The highest BCUT2D eigenvalue weighted by atomic mass is 79.9. The van der Waals surface area contributed by atoms with Gasteiger partial charge < -0.3 is 24.2 Å². The van der Waals surface area contributed by atoms with Gasteiger partial charge in [0, 0.05) is 29.3 Å². The average molecular weight is 511 g/mol. The highest BCUT2D eigenvalue weighted by molar-refractivity contribution is 9.10. The molecule has 0 radical (unpaired) electrons. The van der Waals surface area contributed by atoms with Gasteiger partial charge in [-0.3, -0.25) is 0 Å². The number of hydrogen-bond donors (Lipinski definition) is 1. The molecule has 4 rings (SSSR count). The van der Waals surface area contributed by atoms with Crippen LogP contribution in [0.4, 0.5) is 5.69 Å². The molecule has 0 amide bonds. The zero-order chi connectivity index (χ0) is 23.4. The van der Waals surface area contributed by atoms with E-state index in [4.69, 9.17) is 19.2 Å². The molecule has 6 nitrogen and oxygen atoms in total. The Balaban J connectivity index is 1.97. The van der Waals surface area contributed by atoms with Crippen LogP contribution in [-0.4, -0.2) is 50.3 Å². The van der Waals surface area contributed by atoms with Crippen molar-refractivity contribution >= 4 is 27.5 Å². The van der Waals surface area contributed by atoms with E-state index in [0.29, 0.717) is 30.2 Å². The summed E-state index contributed by atoms with van der Waals surface area (Å²) < 4.78 is 17.8. The van der Waals surface area contributed by atoms with E-state index in [1.807, 2.05) is 42.5 Å². The van der Waals surface area contributed by atoms with E-state index in [9.17, 15) is 5.11 Å². The van der Waals surface area contributed by atoms with Gasteiger partial charge in [-0.15, -0.1) is 0 Å². The maximum atomic E-state index is 9.67. The Bertz CT molecular complexity index is 1150. The van der Waals surface area contributed by atoms with Gasteiger partial charge in [-0.05, 0) is 36.2 Å². The van der Waals surface area contributed by atoms with Gasteiger partial charge in [0.1, 0.15) is 11.6 Å². The predicted molar refractivity (Wildman–Crippen MR) is 133 cm³/mol. The predicted octanol–water partition coefficient (Wildman–Crippen LogP) is 5.34. The molecule has 0 aliphatic carbocycles. The molecule has 1 heterocycles. The zero-order valence-electron chi connectivity index (χ0n) is 18.9. The Morgan fingerprint density at radius 1 is 0.909 bits per heavy atom. The van der Waals surface area contributed by atoms with E-state index >= 15 is 0 Å². The van der Waals surface area contributed by atoms with E-state index in [-0.39, 0.29) is 12.6 Å². The summed E-state index contributed by atoms with van der Waals surface area (Å²) in [7, 11) is 4.84. The Morgan fingerprint density at radius 2 is 1.61 bits per heavy atom. The van der Waals surface area contributed by atoms with Crippen LogP contribution in [0.1, 0.15) is 29.2 Å². The quantitative estimate of drug-likeness (QED) is 0.443. The molecule has 0 saturated heterocycles. The molecule has 0 bridgehead atoms. The van der Waals surface area contributed by atoms with Crippen LogP contribution in [0.3, 0.4) is 0 Å². The maximum Gasteiger partial charge on any atom is 0.164 e. The summed E-state index contributed by atoms with van der Waals surface area (Å²) in [4.78, 5) is 7.30. The third-order valence-electron chi connectivity index (χ3n) is 5.71. The highest BCUT2D eigenvalue weighted by Crippen LogP contribution is 2.44. The molecule has 1 N–H and O–H groups in total. The van der Waals surface area contributed by atoms with Crippen LogP contribution >= 0.6 is 15.9 Å². The smallest absolute Gasteiger partial charge is 0.164 e. The van der Waals surface area contributed by atoms with Gasteiger partial charge in [0.05, 0.1) is 38.6 Å². The van der Waals surface area contributed by atoms with Gasteiger partial charge in [-0.25, -0.2) is 4.99 Å². The lowest BCUT2D eigenvalue weighted by atomic mass is 9.92. The van der Waals surface area contributed by atoms with Crippen LogP contribution in [0.25, 0.3) is 0 Å². The molecule has 0 fully saturated rings. The van der Waals surface area contributed by atoms with Crippen molar-refractivity contribution in [3.63, 3.8) is 0 Å². The third kappa shape index (κ3) is 4.56. The minimum Gasteiger partial charge on any atom is -0.496 e. The molecule has 0 aromatic heterocycles. The molecule has 3 aromatic carbocycles. The maximum absolute atomic E-state index is 9.67. The normalized spacial score (nSPS) is 15.0. The first-order chi connectivity index (χ1) is 16.1. The largest absolute Gasteiger partial charge is 0.496 e. The summed E-state index contributed by atoms with van der Waals surface area (Å²) in [5, 5.41) is 9.67. The standard InChI is InChI=1S/C26H27BrN2O4/c1-31-22-16-24(33-3)23(32-2)15-20(22)26-28-21-11-10-18(27)14-19(21)25(29(26)12-7-13-30)17-8-5-4-6-9-17/h4-6,8-11,14-16,25,30H,7,12-13H2,1-3H3. The summed E-state index contributed by atoms with van der Waals surface area (Å²) in [6.45, 7) is 0.693. The zero-order valence-corrected chi connectivity index (χ0v) is 20.5. The highest BCUT2D eigenvalue weighted by Gasteiger charge is 2.33. The minimum absolute atomic E-state index is 0.0830. The van der Waals surface area contributed by atoms with Crippen molar-refractivity contribution in [1.29, 1.82) is 0 Å². The second-order valence-corrected chi connectivity index (χ2v) is 8.55. The van der Waals surface area contributed by atoms with Gasteiger partial charge >= 0.3 is 0 Å². The molecule has 33 heavy (non-hydrogen) atoms. The van der Waals surface area contributed by atoms with Crippen molar-refractivity contribution in [3.05, 3.63) is 81.8 Å². The van der Waals surface area contributed by atoms with Crippen LogP contribution in [0.15, 0.2) is 70.1 Å². The number of rotatable bonds is 8. The van der Waals surface area contributed by atoms with Crippen molar-refractivity contribution in [2.45, 2.75) is 12.5 Å². The van der Waals surface area contributed by atoms with Gasteiger partial charge in [-0.2, -0.15) is 0 Å². The first-order valence-corrected chi connectivity index (χ1v) is 11.5. The van der Waals surface area contributed by atoms with Crippen molar-refractivity contribution < 1.29 is 19.3 Å². The van der Waals surface area contributed by atoms with E-state index in [1.165, 1.54) is 0 Å². The van der Waals surface area contributed by atoms with E-state index < -0.39 is 0 Å². The number of nitrogens with zero attached hydrogens (tertiary/aromatic N) is 2. The average Bonchev–Trinajstić information content (AvgIpc) is 2.86. The Kier molecular flexibility index (Phi) is 7.20. The van der Waals surface area contributed by atoms with Gasteiger partial charge in [0.25, 0.3) is 0 Å².